The number of benzene rings is 2. The predicted molar refractivity (Wildman–Crippen MR) is 113 cm³/mol. The molecule has 3 aromatic rings. The summed E-state index contributed by atoms with van der Waals surface area (Å²) in [7, 11) is 0. The predicted octanol–water partition coefficient (Wildman–Crippen LogP) is 2.86. The maximum Gasteiger partial charge on any atom is 0.254 e. The number of amides is 2. The molecule has 0 radical (unpaired) electrons. The quantitative estimate of drug-likeness (QED) is 0.745. The van der Waals surface area contributed by atoms with E-state index in [-0.39, 0.29) is 11.8 Å². The Hall–Kier alpha value is -3.48. The second-order valence-corrected chi connectivity index (χ2v) is 7.16. The molecule has 7 heteroatoms. The molecule has 1 aromatic heterocycles. The first-order valence-electron chi connectivity index (χ1n) is 9.66. The zero-order valence-electron chi connectivity index (χ0n) is 16.6. The second kappa shape index (κ2) is 7.87. The molecule has 0 aliphatic carbocycles. The fourth-order valence-electron chi connectivity index (χ4n) is 3.62. The Morgan fingerprint density at radius 3 is 2.31 bits per heavy atom. The Kier molecular flexibility index (Phi) is 5.12. The van der Waals surface area contributed by atoms with Crippen LogP contribution in [0.15, 0.2) is 48.5 Å². The molecule has 2 amide bonds. The maximum atomic E-state index is 12.9. The van der Waals surface area contributed by atoms with Crippen LogP contribution in [0.2, 0.25) is 0 Å². The normalized spacial score (nSPS) is 14.1. The lowest BCUT2D eigenvalue weighted by Gasteiger charge is -2.36. The number of piperazine rings is 1. The summed E-state index contributed by atoms with van der Waals surface area (Å²) in [6, 6.07) is 14.9. The van der Waals surface area contributed by atoms with Gasteiger partial charge in [-0.05, 0) is 37.3 Å². The maximum absolute atomic E-state index is 12.9. The van der Waals surface area contributed by atoms with Crippen LogP contribution >= 0.6 is 0 Å². The molecule has 0 unspecified atom stereocenters. The number of carbonyl (C=O) groups is 2. The highest BCUT2D eigenvalue weighted by Crippen LogP contribution is 2.22. The van der Waals surface area contributed by atoms with Crippen LogP contribution < -0.4 is 10.2 Å². The van der Waals surface area contributed by atoms with Gasteiger partial charge < -0.3 is 15.1 Å². The molecule has 1 fully saturated rings. The van der Waals surface area contributed by atoms with Gasteiger partial charge in [-0.2, -0.15) is 0 Å². The van der Waals surface area contributed by atoms with Crippen LogP contribution in [-0.2, 0) is 4.79 Å². The average molecular weight is 389 g/mol. The number of aryl methyl sites for hydroxylation is 1. The van der Waals surface area contributed by atoms with E-state index in [1.165, 1.54) is 6.92 Å². The number of carbonyl (C=O) groups excluding carboxylic acids is 2. The highest BCUT2D eigenvalue weighted by Gasteiger charge is 2.24. The Morgan fingerprint density at radius 2 is 1.62 bits per heavy atom. The van der Waals surface area contributed by atoms with E-state index in [0.717, 1.165) is 22.5 Å². The zero-order valence-corrected chi connectivity index (χ0v) is 16.6. The fraction of sp³-hybridized carbons (Fsp3) is 0.273. The van der Waals surface area contributed by atoms with E-state index >= 15 is 0 Å². The van der Waals surface area contributed by atoms with E-state index in [9.17, 15) is 9.59 Å². The Morgan fingerprint density at radius 1 is 0.931 bits per heavy atom. The van der Waals surface area contributed by atoms with Gasteiger partial charge in [-0.3, -0.25) is 9.59 Å². The first kappa shape index (κ1) is 18.9. The Balaban J connectivity index is 1.46. The van der Waals surface area contributed by atoms with Gasteiger partial charge in [-0.1, -0.05) is 18.2 Å². The van der Waals surface area contributed by atoms with Gasteiger partial charge in [0.2, 0.25) is 5.91 Å². The van der Waals surface area contributed by atoms with Crippen LogP contribution in [0.5, 0.6) is 0 Å². The highest BCUT2D eigenvalue weighted by molar-refractivity contribution is 5.97. The van der Waals surface area contributed by atoms with Crippen molar-refractivity contribution in [3.63, 3.8) is 0 Å². The standard InChI is InChI=1S/C22H23N5O2/c1-15-21(25-20-9-4-3-8-19(20)23-15)26-10-12-27(13-11-26)22(29)17-6-5-7-18(14-17)24-16(2)28/h3-9,14H,10-13H2,1-2H3,(H,24,28). The summed E-state index contributed by atoms with van der Waals surface area (Å²) in [5, 5.41) is 2.72. The molecule has 0 atom stereocenters. The van der Waals surface area contributed by atoms with E-state index in [0.29, 0.717) is 37.4 Å². The van der Waals surface area contributed by atoms with Gasteiger partial charge in [0.25, 0.3) is 5.91 Å². The van der Waals surface area contributed by atoms with Crippen LogP contribution in [0.4, 0.5) is 11.5 Å². The summed E-state index contributed by atoms with van der Waals surface area (Å²) in [4.78, 5) is 37.6. The molecule has 1 aliphatic rings. The molecular formula is C22H23N5O2. The SMILES string of the molecule is CC(=O)Nc1cccc(C(=O)N2CCN(c3nc4ccccc4nc3C)CC2)c1. The number of aromatic nitrogens is 2. The van der Waals surface area contributed by atoms with E-state index in [1.807, 2.05) is 36.1 Å². The topological polar surface area (TPSA) is 78.4 Å². The highest BCUT2D eigenvalue weighted by atomic mass is 16.2. The number of anilines is 2. The number of nitrogens with one attached hydrogen (secondary N) is 1. The third-order valence-electron chi connectivity index (χ3n) is 5.02. The smallest absolute Gasteiger partial charge is 0.254 e. The lowest BCUT2D eigenvalue weighted by atomic mass is 10.1. The molecule has 0 spiro atoms. The number of hydrogen-bond acceptors (Lipinski definition) is 5. The van der Waals surface area contributed by atoms with Gasteiger partial charge in [-0.25, -0.2) is 9.97 Å². The number of nitrogens with zero attached hydrogens (tertiary/aromatic N) is 4. The van der Waals surface area contributed by atoms with Crippen LogP contribution in [0.3, 0.4) is 0 Å². The van der Waals surface area contributed by atoms with Gasteiger partial charge in [-0.15, -0.1) is 0 Å². The molecule has 2 heterocycles. The van der Waals surface area contributed by atoms with E-state index in [4.69, 9.17) is 4.98 Å². The molecular weight excluding hydrogens is 366 g/mol. The monoisotopic (exact) mass is 389 g/mol. The second-order valence-electron chi connectivity index (χ2n) is 7.16. The molecule has 148 valence electrons. The Labute approximate surface area is 169 Å². The van der Waals surface area contributed by atoms with Crippen molar-refractivity contribution in [1.82, 2.24) is 14.9 Å². The number of rotatable bonds is 3. The third-order valence-corrected chi connectivity index (χ3v) is 5.02. The molecule has 0 bridgehead atoms. The van der Waals surface area contributed by atoms with Crippen LogP contribution in [0.1, 0.15) is 23.0 Å². The minimum atomic E-state index is -0.157. The van der Waals surface area contributed by atoms with Crippen molar-refractivity contribution in [1.29, 1.82) is 0 Å². The lowest BCUT2D eigenvalue weighted by molar-refractivity contribution is -0.114. The molecule has 1 N–H and O–H groups in total. The molecule has 7 nitrogen and oxygen atoms in total. The summed E-state index contributed by atoms with van der Waals surface area (Å²) < 4.78 is 0. The summed E-state index contributed by atoms with van der Waals surface area (Å²) in [6.07, 6.45) is 0. The van der Waals surface area contributed by atoms with Crippen molar-refractivity contribution < 1.29 is 9.59 Å². The summed E-state index contributed by atoms with van der Waals surface area (Å²) >= 11 is 0. The molecule has 1 saturated heterocycles. The largest absolute Gasteiger partial charge is 0.352 e. The molecule has 1 aliphatic heterocycles. The van der Waals surface area contributed by atoms with Crippen molar-refractivity contribution in [3.05, 3.63) is 59.8 Å². The summed E-state index contributed by atoms with van der Waals surface area (Å²) in [6.45, 7) is 6.04. The zero-order chi connectivity index (χ0) is 20.4. The van der Waals surface area contributed by atoms with Gasteiger partial charge in [0.15, 0.2) is 5.82 Å². The van der Waals surface area contributed by atoms with E-state index in [1.54, 1.807) is 24.3 Å². The van der Waals surface area contributed by atoms with Crippen molar-refractivity contribution in [3.8, 4) is 0 Å². The van der Waals surface area contributed by atoms with Crippen molar-refractivity contribution >= 4 is 34.4 Å². The Bertz CT molecular complexity index is 1070. The van der Waals surface area contributed by atoms with Crippen molar-refractivity contribution in [2.24, 2.45) is 0 Å². The van der Waals surface area contributed by atoms with E-state index in [2.05, 4.69) is 15.2 Å². The first-order chi connectivity index (χ1) is 14.0. The molecule has 0 saturated carbocycles. The van der Waals surface area contributed by atoms with Crippen molar-refractivity contribution in [2.75, 3.05) is 36.4 Å². The molecule has 2 aromatic carbocycles. The van der Waals surface area contributed by atoms with Crippen molar-refractivity contribution in [2.45, 2.75) is 13.8 Å². The van der Waals surface area contributed by atoms with Gasteiger partial charge in [0, 0.05) is 44.4 Å². The van der Waals surface area contributed by atoms with Crippen LogP contribution in [0.25, 0.3) is 11.0 Å². The lowest BCUT2D eigenvalue weighted by Crippen LogP contribution is -2.49. The third kappa shape index (κ3) is 4.03. The molecule has 29 heavy (non-hydrogen) atoms. The number of hydrogen-bond donors (Lipinski definition) is 1. The average Bonchev–Trinajstić information content (AvgIpc) is 2.72. The minimum absolute atomic E-state index is 0.0295. The van der Waals surface area contributed by atoms with Crippen LogP contribution in [0, 0.1) is 6.92 Å². The fourth-order valence-corrected chi connectivity index (χ4v) is 3.62. The summed E-state index contributed by atoms with van der Waals surface area (Å²) in [5.41, 5.74) is 3.87. The van der Waals surface area contributed by atoms with Gasteiger partial charge in [0.1, 0.15) is 0 Å². The minimum Gasteiger partial charge on any atom is -0.352 e. The van der Waals surface area contributed by atoms with Gasteiger partial charge in [0.05, 0.1) is 16.7 Å². The summed E-state index contributed by atoms with van der Waals surface area (Å²) in [5.74, 6) is 0.691. The first-order valence-corrected chi connectivity index (χ1v) is 9.66. The van der Waals surface area contributed by atoms with Crippen LogP contribution in [-0.4, -0.2) is 52.9 Å². The number of para-hydroxylation sites is 2. The number of fused-ring (bicyclic) bond motifs is 1. The molecule has 4 rings (SSSR count). The van der Waals surface area contributed by atoms with Gasteiger partial charge >= 0.3 is 0 Å². The van der Waals surface area contributed by atoms with E-state index < -0.39 is 0 Å².